The van der Waals surface area contributed by atoms with Gasteiger partial charge in [0.15, 0.2) is 0 Å². The molecule has 1 aliphatic heterocycles. The van der Waals surface area contributed by atoms with Gasteiger partial charge in [-0.1, -0.05) is 6.92 Å². The predicted octanol–water partition coefficient (Wildman–Crippen LogP) is 1.44. The SMILES string of the molecule is CCc1cnc(C(C)NS(=O)(=O)CC2CCCN2)s1. The molecule has 1 fully saturated rings. The van der Waals surface area contributed by atoms with E-state index in [9.17, 15) is 8.42 Å². The number of aryl methyl sites for hydroxylation is 1. The molecule has 0 bridgehead atoms. The van der Waals surface area contributed by atoms with Gasteiger partial charge in [0.05, 0.1) is 11.8 Å². The molecule has 5 nitrogen and oxygen atoms in total. The van der Waals surface area contributed by atoms with E-state index in [1.807, 2.05) is 13.1 Å². The number of hydrogen-bond acceptors (Lipinski definition) is 5. The topological polar surface area (TPSA) is 71.1 Å². The van der Waals surface area contributed by atoms with Crippen LogP contribution in [0.1, 0.15) is 42.6 Å². The predicted molar refractivity (Wildman–Crippen MR) is 77.9 cm³/mol. The first-order valence-corrected chi connectivity index (χ1v) is 9.15. The van der Waals surface area contributed by atoms with Gasteiger partial charge in [-0.3, -0.25) is 0 Å². The lowest BCUT2D eigenvalue weighted by Crippen LogP contribution is -2.37. The van der Waals surface area contributed by atoms with Crippen LogP contribution in [0, 0.1) is 0 Å². The largest absolute Gasteiger partial charge is 0.313 e. The summed E-state index contributed by atoms with van der Waals surface area (Å²) in [7, 11) is -3.26. The third-order valence-corrected chi connectivity index (χ3v) is 6.11. The van der Waals surface area contributed by atoms with E-state index in [1.165, 1.54) is 4.88 Å². The molecule has 1 aromatic heterocycles. The molecule has 0 aromatic carbocycles. The second-order valence-electron chi connectivity index (χ2n) is 4.93. The van der Waals surface area contributed by atoms with Crippen molar-refractivity contribution in [2.24, 2.45) is 0 Å². The standard InChI is InChI=1S/C12H21N3O2S2/c1-3-11-7-14-12(18-11)9(2)15-19(16,17)8-10-5-4-6-13-10/h7,9-10,13,15H,3-6,8H2,1-2H3. The van der Waals surface area contributed by atoms with Crippen molar-refractivity contribution in [2.45, 2.75) is 45.2 Å². The summed E-state index contributed by atoms with van der Waals surface area (Å²) < 4.78 is 26.9. The molecule has 1 aromatic rings. The lowest BCUT2D eigenvalue weighted by atomic mass is 10.3. The zero-order valence-electron chi connectivity index (χ0n) is 11.3. The Bertz CT molecular complexity index is 507. The molecule has 0 amide bonds. The quantitative estimate of drug-likeness (QED) is 0.834. The first kappa shape index (κ1) is 14.9. The summed E-state index contributed by atoms with van der Waals surface area (Å²) in [6.45, 7) is 4.83. The Labute approximate surface area is 118 Å². The highest BCUT2D eigenvalue weighted by Gasteiger charge is 2.24. The van der Waals surface area contributed by atoms with E-state index in [0.29, 0.717) is 0 Å². The van der Waals surface area contributed by atoms with Crippen molar-refractivity contribution in [3.8, 4) is 0 Å². The van der Waals surface area contributed by atoms with Gasteiger partial charge in [0, 0.05) is 17.1 Å². The number of rotatable bonds is 6. The molecule has 0 aliphatic carbocycles. The first-order valence-electron chi connectivity index (χ1n) is 6.68. The summed E-state index contributed by atoms with van der Waals surface area (Å²) in [5, 5.41) is 4.04. The number of hydrogen-bond donors (Lipinski definition) is 2. The van der Waals surface area contributed by atoms with E-state index in [-0.39, 0.29) is 17.8 Å². The molecule has 19 heavy (non-hydrogen) atoms. The fourth-order valence-electron chi connectivity index (χ4n) is 2.22. The van der Waals surface area contributed by atoms with Crippen molar-refractivity contribution >= 4 is 21.4 Å². The van der Waals surface area contributed by atoms with Gasteiger partial charge in [0.2, 0.25) is 10.0 Å². The summed E-state index contributed by atoms with van der Waals surface area (Å²) in [6.07, 6.45) is 4.75. The van der Waals surface area contributed by atoms with Crippen LogP contribution in [0.25, 0.3) is 0 Å². The van der Waals surface area contributed by atoms with Crippen LogP contribution < -0.4 is 10.0 Å². The van der Waals surface area contributed by atoms with E-state index >= 15 is 0 Å². The zero-order valence-corrected chi connectivity index (χ0v) is 13.0. The van der Waals surface area contributed by atoms with Gasteiger partial charge >= 0.3 is 0 Å². The van der Waals surface area contributed by atoms with E-state index in [1.54, 1.807) is 11.3 Å². The van der Waals surface area contributed by atoms with Crippen molar-refractivity contribution in [1.29, 1.82) is 0 Å². The number of nitrogens with zero attached hydrogens (tertiary/aromatic N) is 1. The Balaban J connectivity index is 1.94. The van der Waals surface area contributed by atoms with Crippen molar-refractivity contribution < 1.29 is 8.42 Å². The van der Waals surface area contributed by atoms with E-state index in [0.717, 1.165) is 30.8 Å². The van der Waals surface area contributed by atoms with Gasteiger partial charge < -0.3 is 5.32 Å². The van der Waals surface area contributed by atoms with Crippen LogP contribution >= 0.6 is 11.3 Å². The molecule has 0 spiro atoms. The summed E-state index contributed by atoms with van der Waals surface area (Å²) in [5.74, 6) is 0.156. The number of sulfonamides is 1. The summed E-state index contributed by atoms with van der Waals surface area (Å²) in [4.78, 5) is 5.46. The first-order chi connectivity index (χ1) is 9.00. The summed E-state index contributed by atoms with van der Waals surface area (Å²) >= 11 is 1.57. The molecule has 2 N–H and O–H groups in total. The van der Waals surface area contributed by atoms with Gasteiger partial charge in [-0.2, -0.15) is 0 Å². The smallest absolute Gasteiger partial charge is 0.213 e. The highest BCUT2D eigenvalue weighted by molar-refractivity contribution is 7.89. The Hall–Kier alpha value is -0.500. The third-order valence-electron chi connectivity index (χ3n) is 3.23. The maximum atomic E-state index is 12.1. The Morgan fingerprint density at radius 3 is 3.00 bits per heavy atom. The maximum absolute atomic E-state index is 12.1. The van der Waals surface area contributed by atoms with Crippen molar-refractivity contribution in [1.82, 2.24) is 15.0 Å². The maximum Gasteiger partial charge on any atom is 0.213 e. The van der Waals surface area contributed by atoms with Crippen molar-refractivity contribution in [2.75, 3.05) is 12.3 Å². The van der Waals surface area contributed by atoms with Gasteiger partial charge in [-0.15, -0.1) is 11.3 Å². The summed E-state index contributed by atoms with van der Waals surface area (Å²) in [5.41, 5.74) is 0. The molecule has 108 valence electrons. The average Bonchev–Trinajstić information content (AvgIpc) is 2.97. The van der Waals surface area contributed by atoms with Crippen molar-refractivity contribution in [3.05, 3.63) is 16.1 Å². The fourth-order valence-corrected chi connectivity index (χ4v) is 4.71. The Morgan fingerprint density at radius 1 is 1.63 bits per heavy atom. The minimum Gasteiger partial charge on any atom is -0.313 e. The number of aromatic nitrogens is 1. The molecule has 0 saturated carbocycles. The van der Waals surface area contributed by atoms with Gasteiger partial charge in [0.1, 0.15) is 5.01 Å². The second-order valence-corrected chi connectivity index (χ2v) is 7.88. The average molecular weight is 303 g/mol. The van der Waals surface area contributed by atoms with E-state index in [4.69, 9.17) is 0 Å². The highest BCUT2D eigenvalue weighted by atomic mass is 32.2. The Morgan fingerprint density at radius 2 is 2.42 bits per heavy atom. The van der Waals surface area contributed by atoms with Crippen LogP contribution in [0.4, 0.5) is 0 Å². The second kappa shape index (κ2) is 6.30. The van der Waals surface area contributed by atoms with Crippen molar-refractivity contribution in [3.63, 3.8) is 0 Å². The molecule has 2 unspecified atom stereocenters. The fraction of sp³-hybridized carbons (Fsp3) is 0.750. The number of thiazole rings is 1. The molecule has 1 saturated heterocycles. The summed E-state index contributed by atoms with van der Waals surface area (Å²) in [6, 6.07) is -0.163. The molecule has 7 heteroatoms. The van der Waals surface area contributed by atoms with Crippen LogP contribution in [0.5, 0.6) is 0 Å². The molecular formula is C12H21N3O2S2. The molecule has 2 atom stereocenters. The molecule has 0 radical (unpaired) electrons. The zero-order chi connectivity index (χ0) is 13.9. The number of nitrogens with one attached hydrogen (secondary N) is 2. The molecule has 2 rings (SSSR count). The van der Waals surface area contributed by atoms with Crippen LogP contribution in [-0.2, 0) is 16.4 Å². The lowest BCUT2D eigenvalue weighted by molar-refractivity contribution is 0.550. The highest BCUT2D eigenvalue weighted by Crippen LogP contribution is 2.21. The van der Waals surface area contributed by atoms with Crippen LogP contribution in [-0.4, -0.2) is 31.7 Å². The molecule has 1 aliphatic rings. The molecule has 2 heterocycles. The monoisotopic (exact) mass is 303 g/mol. The molecular weight excluding hydrogens is 282 g/mol. The van der Waals surface area contributed by atoms with Crippen LogP contribution in [0.2, 0.25) is 0 Å². The minimum absolute atomic E-state index is 0.0900. The van der Waals surface area contributed by atoms with Crippen LogP contribution in [0.3, 0.4) is 0 Å². The Kier molecular flexibility index (Phi) is 4.94. The van der Waals surface area contributed by atoms with Gasteiger partial charge in [0.25, 0.3) is 0 Å². The van der Waals surface area contributed by atoms with E-state index < -0.39 is 10.0 Å². The van der Waals surface area contributed by atoms with Gasteiger partial charge in [-0.25, -0.2) is 18.1 Å². The minimum atomic E-state index is -3.26. The normalized spacial score (nSPS) is 21.7. The lowest BCUT2D eigenvalue weighted by Gasteiger charge is -2.15. The third kappa shape index (κ3) is 4.24. The van der Waals surface area contributed by atoms with Gasteiger partial charge in [-0.05, 0) is 32.7 Å². The van der Waals surface area contributed by atoms with E-state index in [2.05, 4.69) is 21.9 Å². The van der Waals surface area contributed by atoms with Crippen LogP contribution in [0.15, 0.2) is 6.20 Å².